The molecule has 0 aromatic heterocycles. The summed E-state index contributed by atoms with van der Waals surface area (Å²) >= 11 is 0. The molecular formula is C10H12F3NO3. The molecule has 1 saturated heterocycles. The molecule has 1 amide bonds. The molecule has 2 unspecified atom stereocenters. The van der Waals surface area contributed by atoms with Crippen molar-refractivity contribution in [1.29, 1.82) is 0 Å². The van der Waals surface area contributed by atoms with Crippen molar-refractivity contribution in [2.45, 2.75) is 25.4 Å². The van der Waals surface area contributed by atoms with Crippen LogP contribution in [0.2, 0.25) is 0 Å². The normalized spacial score (nSPS) is 31.9. The Hall–Kier alpha value is -1.27. The van der Waals surface area contributed by atoms with Gasteiger partial charge in [0.25, 0.3) is 0 Å². The molecule has 2 atom stereocenters. The van der Waals surface area contributed by atoms with Gasteiger partial charge < -0.3 is 10.0 Å². The Morgan fingerprint density at radius 2 is 2.06 bits per heavy atom. The van der Waals surface area contributed by atoms with Crippen LogP contribution in [0.15, 0.2) is 0 Å². The second-order valence-corrected chi connectivity index (χ2v) is 4.85. The SMILES string of the molecule is O=C(O)CC12CCC1CN(C(=O)C(F)(F)F)C2. The number of carboxylic acid groups (broad SMARTS) is 1. The Bertz CT molecular complexity index is 368. The van der Waals surface area contributed by atoms with Crippen molar-refractivity contribution in [3.05, 3.63) is 0 Å². The summed E-state index contributed by atoms with van der Waals surface area (Å²) in [5, 5.41) is 8.75. The van der Waals surface area contributed by atoms with E-state index in [1.165, 1.54) is 0 Å². The summed E-state index contributed by atoms with van der Waals surface area (Å²) in [7, 11) is 0. The van der Waals surface area contributed by atoms with E-state index in [9.17, 15) is 22.8 Å². The van der Waals surface area contributed by atoms with Gasteiger partial charge in [0.2, 0.25) is 0 Å². The highest BCUT2D eigenvalue weighted by atomic mass is 19.4. The summed E-state index contributed by atoms with van der Waals surface area (Å²) < 4.78 is 36.8. The molecule has 1 heterocycles. The number of likely N-dealkylation sites (tertiary alicyclic amines) is 1. The number of carbonyl (C=O) groups is 2. The smallest absolute Gasteiger partial charge is 0.471 e. The summed E-state index contributed by atoms with van der Waals surface area (Å²) in [6.07, 6.45) is -3.73. The average molecular weight is 251 g/mol. The Kier molecular flexibility index (Phi) is 2.59. The fourth-order valence-corrected chi connectivity index (χ4v) is 2.88. The van der Waals surface area contributed by atoms with E-state index >= 15 is 0 Å². The van der Waals surface area contributed by atoms with E-state index in [0.29, 0.717) is 12.8 Å². The van der Waals surface area contributed by atoms with Gasteiger partial charge in [0.1, 0.15) is 0 Å². The first kappa shape index (κ1) is 12.2. The molecule has 0 aromatic rings. The van der Waals surface area contributed by atoms with Crippen LogP contribution >= 0.6 is 0 Å². The van der Waals surface area contributed by atoms with Crippen molar-refractivity contribution >= 4 is 11.9 Å². The first-order valence-corrected chi connectivity index (χ1v) is 5.32. The maximum atomic E-state index is 12.3. The first-order chi connectivity index (χ1) is 7.74. The molecule has 2 fully saturated rings. The van der Waals surface area contributed by atoms with Crippen molar-refractivity contribution in [2.75, 3.05) is 13.1 Å². The van der Waals surface area contributed by atoms with Gasteiger partial charge in [0.15, 0.2) is 0 Å². The van der Waals surface area contributed by atoms with Gasteiger partial charge in [0, 0.05) is 18.5 Å². The summed E-state index contributed by atoms with van der Waals surface area (Å²) in [5.41, 5.74) is -0.618. The van der Waals surface area contributed by atoms with Crippen LogP contribution in [0.25, 0.3) is 0 Å². The maximum absolute atomic E-state index is 12.3. The molecule has 17 heavy (non-hydrogen) atoms. The lowest BCUT2D eigenvalue weighted by molar-refractivity contribution is -0.184. The number of hydrogen-bond acceptors (Lipinski definition) is 2. The Morgan fingerprint density at radius 3 is 2.47 bits per heavy atom. The average Bonchev–Trinajstić information content (AvgIpc) is 2.39. The quantitative estimate of drug-likeness (QED) is 0.803. The van der Waals surface area contributed by atoms with Crippen molar-refractivity contribution in [2.24, 2.45) is 11.3 Å². The number of carbonyl (C=O) groups excluding carboxylic acids is 1. The highest BCUT2D eigenvalue weighted by Gasteiger charge is 2.57. The fourth-order valence-electron chi connectivity index (χ4n) is 2.88. The molecule has 1 aliphatic heterocycles. The number of halogens is 3. The van der Waals surface area contributed by atoms with Gasteiger partial charge in [-0.05, 0) is 18.8 Å². The Morgan fingerprint density at radius 1 is 1.41 bits per heavy atom. The standard InChI is InChI=1S/C10H12F3NO3/c11-10(12,13)8(17)14-4-6-1-2-9(6,5-14)3-7(15)16/h6H,1-5H2,(H,15,16). The fraction of sp³-hybridized carbons (Fsp3) is 0.800. The highest BCUT2D eigenvalue weighted by Crippen LogP contribution is 2.54. The molecule has 1 aliphatic carbocycles. The third-order valence-corrected chi connectivity index (χ3v) is 3.84. The molecular weight excluding hydrogens is 239 g/mol. The van der Waals surface area contributed by atoms with Crippen LogP contribution in [0, 0.1) is 11.3 Å². The first-order valence-electron chi connectivity index (χ1n) is 5.32. The molecule has 1 N–H and O–H groups in total. The van der Waals surface area contributed by atoms with Crippen LogP contribution in [0.1, 0.15) is 19.3 Å². The Balaban J connectivity index is 2.08. The van der Waals surface area contributed by atoms with E-state index in [2.05, 4.69) is 0 Å². The second-order valence-electron chi connectivity index (χ2n) is 4.85. The third-order valence-electron chi connectivity index (χ3n) is 3.84. The van der Waals surface area contributed by atoms with Gasteiger partial charge in [0.05, 0.1) is 6.42 Å². The minimum atomic E-state index is -4.87. The lowest BCUT2D eigenvalue weighted by Gasteiger charge is -2.42. The number of hydrogen-bond donors (Lipinski definition) is 1. The number of rotatable bonds is 2. The van der Waals surface area contributed by atoms with E-state index in [1.54, 1.807) is 0 Å². The number of carboxylic acids is 1. The number of aliphatic carboxylic acids is 1. The summed E-state index contributed by atoms with van der Waals surface area (Å²) in [6, 6.07) is 0. The van der Waals surface area contributed by atoms with Crippen molar-refractivity contribution in [3.8, 4) is 0 Å². The van der Waals surface area contributed by atoms with Gasteiger partial charge in [-0.1, -0.05) is 0 Å². The molecule has 7 heteroatoms. The van der Waals surface area contributed by atoms with Crippen molar-refractivity contribution in [3.63, 3.8) is 0 Å². The third kappa shape index (κ3) is 1.98. The van der Waals surface area contributed by atoms with Gasteiger partial charge >= 0.3 is 18.1 Å². The maximum Gasteiger partial charge on any atom is 0.471 e. The van der Waals surface area contributed by atoms with E-state index in [1.807, 2.05) is 0 Å². The second kappa shape index (κ2) is 3.61. The van der Waals surface area contributed by atoms with Crippen LogP contribution in [0.5, 0.6) is 0 Å². The van der Waals surface area contributed by atoms with E-state index in [0.717, 1.165) is 4.90 Å². The largest absolute Gasteiger partial charge is 0.481 e. The lowest BCUT2D eigenvalue weighted by Crippen LogP contribution is -2.42. The van der Waals surface area contributed by atoms with Gasteiger partial charge in [-0.15, -0.1) is 0 Å². The van der Waals surface area contributed by atoms with E-state index in [4.69, 9.17) is 5.11 Å². The summed E-state index contributed by atoms with van der Waals surface area (Å²) in [6.45, 7) is -0.0477. The number of fused-ring (bicyclic) bond motifs is 1. The van der Waals surface area contributed by atoms with E-state index < -0.39 is 23.5 Å². The zero-order chi connectivity index (χ0) is 12.8. The van der Waals surface area contributed by atoms with Crippen LogP contribution in [-0.4, -0.2) is 41.1 Å². The lowest BCUT2D eigenvalue weighted by atomic mass is 9.60. The number of nitrogens with zero attached hydrogens (tertiary/aromatic N) is 1. The summed E-state index contributed by atoms with van der Waals surface area (Å²) in [5.74, 6) is -2.96. The Labute approximate surface area is 95.4 Å². The number of amides is 1. The van der Waals surface area contributed by atoms with E-state index in [-0.39, 0.29) is 25.4 Å². The monoisotopic (exact) mass is 251 g/mol. The minimum Gasteiger partial charge on any atom is -0.481 e. The molecule has 2 aliphatic rings. The molecule has 96 valence electrons. The molecule has 2 rings (SSSR count). The van der Waals surface area contributed by atoms with Crippen LogP contribution in [-0.2, 0) is 9.59 Å². The zero-order valence-electron chi connectivity index (χ0n) is 8.96. The molecule has 0 bridgehead atoms. The number of alkyl halides is 3. The predicted molar refractivity (Wildman–Crippen MR) is 50.0 cm³/mol. The zero-order valence-corrected chi connectivity index (χ0v) is 8.96. The van der Waals surface area contributed by atoms with Crippen molar-refractivity contribution < 1.29 is 27.9 Å². The summed E-state index contributed by atoms with van der Waals surface area (Å²) in [4.78, 5) is 22.5. The molecule has 0 radical (unpaired) electrons. The molecule has 0 aromatic carbocycles. The van der Waals surface area contributed by atoms with Gasteiger partial charge in [-0.3, -0.25) is 9.59 Å². The van der Waals surface area contributed by atoms with Crippen LogP contribution in [0.3, 0.4) is 0 Å². The minimum absolute atomic E-state index is 0.0334. The van der Waals surface area contributed by atoms with Crippen LogP contribution < -0.4 is 0 Å². The van der Waals surface area contributed by atoms with Gasteiger partial charge in [-0.25, -0.2) is 0 Å². The van der Waals surface area contributed by atoms with Crippen molar-refractivity contribution in [1.82, 2.24) is 4.90 Å². The highest BCUT2D eigenvalue weighted by molar-refractivity contribution is 5.82. The predicted octanol–water partition coefficient (Wildman–Crippen LogP) is 1.26. The molecule has 0 spiro atoms. The molecule has 4 nitrogen and oxygen atoms in total. The van der Waals surface area contributed by atoms with Crippen LogP contribution in [0.4, 0.5) is 13.2 Å². The van der Waals surface area contributed by atoms with Gasteiger partial charge in [-0.2, -0.15) is 13.2 Å². The molecule has 1 saturated carbocycles. The topological polar surface area (TPSA) is 57.6 Å².